The molecule has 2 aromatic heterocycles. The molecule has 74 heavy (non-hydrogen) atoms. The van der Waals surface area contributed by atoms with Crippen LogP contribution >= 0.6 is 0 Å². The second kappa shape index (κ2) is 20.3. The van der Waals surface area contributed by atoms with Gasteiger partial charge in [-0.15, -0.1) is 6.42 Å². The zero-order valence-corrected chi connectivity index (χ0v) is 41.8. The molecule has 386 valence electrons. The van der Waals surface area contributed by atoms with E-state index in [2.05, 4.69) is 52.2 Å². The first-order valence-electron chi connectivity index (χ1n) is 26.9. The van der Waals surface area contributed by atoms with Crippen LogP contribution in [0.1, 0.15) is 92.1 Å². The smallest absolute Gasteiger partial charge is 0.319 e. The summed E-state index contributed by atoms with van der Waals surface area (Å²) >= 11 is 0. The summed E-state index contributed by atoms with van der Waals surface area (Å²) in [6, 6.07) is 11.6. The van der Waals surface area contributed by atoms with Gasteiger partial charge in [-0.3, -0.25) is 29.6 Å². The molecule has 3 unspecified atom stereocenters. The molecule has 3 atom stereocenters. The minimum Gasteiger partial charge on any atom is -0.508 e. The molecule has 15 nitrogen and oxygen atoms in total. The molecule has 17 heteroatoms. The van der Waals surface area contributed by atoms with Crippen LogP contribution < -0.4 is 25.2 Å². The van der Waals surface area contributed by atoms with E-state index >= 15 is 8.78 Å². The van der Waals surface area contributed by atoms with Gasteiger partial charge in [0.05, 0.1) is 10.9 Å². The zero-order chi connectivity index (χ0) is 50.6. The number of nitrogens with one attached hydrogen (secondary N) is 2. The van der Waals surface area contributed by atoms with E-state index < -0.39 is 17.7 Å². The first-order chi connectivity index (χ1) is 36.0. The number of nitrogens with zero attached hydrogens (tertiary/aromatic N) is 8. The number of phenolic OH excluding ortho intramolecular Hbond substituents is 1. The lowest BCUT2D eigenvalue weighted by Crippen LogP contribution is -2.52. The van der Waals surface area contributed by atoms with Crippen molar-refractivity contribution in [3.63, 3.8) is 0 Å². The number of phenols is 1. The third kappa shape index (κ3) is 9.49. The molecular formula is C57H64F2N10O5. The maximum absolute atomic E-state index is 17.0. The maximum atomic E-state index is 17.0. The number of benzene rings is 3. The lowest BCUT2D eigenvalue weighted by molar-refractivity contribution is -0.136. The molecular weight excluding hydrogens is 943 g/mol. The number of ether oxygens (including phenoxy) is 1. The molecule has 2 bridgehead atoms. The van der Waals surface area contributed by atoms with Gasteiger partial charge in [-0.05, 0) is 144 Å². The standard InChI is InChI=1S/C57H64F2N10O5/c1-2-41-46(58)9-6-37-27-40(70)28-43(50(37)41)52-51(59)53-44(29-60-52)54(68-31-38-7-8-39(32-68)61-38)64-57(63-53)74-25-24-65-18-14-36(15-19-65)30-66-20-12-34(13-21-66)26-35-16-22-67(23-17-35)47-5-3-4-42-45(47)33-69(56(42)73)48-10-11-49(71)62-55(48)72/h1,3-6,9,27-29,34-36,38-39,48,61,70H,7-8,10-26,30-33H2,(H,62,71,72). The molecule has 0 aliphatic carbocycles. The van der Waals surface area contributed by atoms with E-state index in [0.29, 0.717) is 85.3 Å². The lowest BCUT2D eigenvalue weighted by Gasteiger charge is -2.39. The number of halogens is 2. The average molecular weight is 1010 g/mol. The van der Waals surface area contributed by atoms with Crippen molar-refractivity contribution in [1.82, 2.24) is 40.3 Å². The largest absolute Gasteiger partial charge is 0.508 e. The van der Waals surface area contributed by atoms with Crippen molar-refractivity contribution in [2.75, 3.05) is 81.9 Å². The Morgan fingerprint density at radius 1 is 0.811 bits per heavy atom. The minimum atomic E-state index is -0.729. The van der Waals surface area contributed by atoms with Crippen molar-refractivity contribution in [2.45, 2.75) is 95.3 Å². The van der Waals surface area contributed by atoms with Gasteiger partial charge in [-0.25, -0.2) is 8.78 Å². The van der Waals surface area contributed by atoms with Crippen LogP contribution in [-0.4, -0.2) is 143 Å². The first kappa shape index (κ1) is 48.5. The molecule has 3 amide bonds. The molecule has 5 aromatic rings. The van der Waals surface area contributed by atoms with Crippen molar-refractivity contribution in [1.29, 1.82) is 0 Å². The van der Waals surface area contributed by atoms with Crippen LogP contribution in [0.25, 0.3) is 32.9 Å². The number of rotatable bonds is 12. The average Bonchev–Trinajstić information content (AvgIpc) is 3.94. The number of terminal acetylenes is 1. The van der Waals surface area contributed by atoms with Gasteiger partial charge in [0.1, 0.15) is 41.2 Å². The number of aromatic nitrogens is 3. The summed E-state index contributed by atoms with van der Waals surface area (Å²) in [5.74, 6) is 2.84. The van der Waals surface area contributed by atoms with Gasteiger partial charge < -0.3 is 34.8 Å². The van der Waals surface area contributed by atoms with Gasteiger partial charge in [0, 0.05) is 98.3 Å². The molecule has 7 aliphatic heterocycles. The Bertz CT molecular complexity index is 3040. The number of fused-ring (bicyclic) bond motifs is 5. The van der Waals surface area contributed by atoms with Gasteiger partial charge in [-0.1, -0.05) is 18.1 Å². The highest BCUT2D eigenvalue weighted by molar-refractivity contribution is 6.06. The third-order valence-corrected chi connectivity index (χ3v) is 17.4. The highest BCUT2D eigenvalue weighted by Crippen LogP contribution is 2.41. The van der Waals surface area contributed by atoms with E-state index in [1.54, 1.807) is 11.1 Å². The number of anilines is 2. The molecule has 3 aromatic carbocycles. The number of piperidine rings is 4. The molecule has 9 heterocycles. The SMILES string of the molecule is C#Cc1c(F)ccc2cc(O)cc(-c3ncc4c(N5CC6CCC(C5)N6)nc(OCCN5CCC(CN6CCC(CC7CCN(c8cccc9c8CN(C8CCC(=O)NC8=O)C9=O)CC7)CC6)CC5)nc4c3F)c12. The Labute approximate surface area is 430 Å². The molecule has 3 N–H and O–H groups in total. The van der Waals surface area contributed by atoms with Crippen LogP contribution in [0.15, 0.2) is 48.7 Å². The number of hydrogen-bond acceptors (Lipinski definition) is 13. The van der Waals surface area contributed by atoms with Crippen LogP contribution in [0.2, 0.25) is 0 Å². The number of likely N-dealkylation sites (tertiary alicyclic amines) is 2. The maximum Gasteiger partial charge on any atom is 0.319 e. The van der Waals surface area contributed by atoms with Crippen molar-refractivity contribution in [3.05, 3.63) is 77.0 Å². The van der Waals surface area contributed by atoms with Crippen LogP contribution in [0, 0.1) is 41.7 Å². The van der Waals surface area contributed by atoms with E-state index in [4.69, 9.17) is 16.1 Å². The number of piperazine rings is 1. The molecule has 0 spiro atoms. The monoisotopic (exact) mass is 1010 g/mol. The Hall–Kier alpha value is -6.48. The van der Waals surface area contributed by atoms with Gasteiger partial charge >= 0.3 is 6.01 Å². The van der Waals surface area contributed by atoms with Crippen LogP contribution in [0.3, 0.4) is 0 Å². The van der Waals surface area contributed by atoms with E-state index in [1.165, 1.54) is 43.5 Å². The Morgan fingerprint density at radius 2 is 1.54 bits per heavy atom. The quantitative estimate of drug-likeness (QED) is 0.0906. The highest BCUT2D eigenvalue weighted by Gasteiger charge is 2.41. The number of carbonyl (C=O) groups excluding carboxylic acids is 3. The summed E-state index contributed by atoms with van der Waals surface area (Å²) in [4.78, 5) is 63.3. The zero-order valence-electron chi connectivity index (χ0n) is 41.8. The number of pyridine rings is 1. The van der Waals surface area contributed by atoms with Crippen LogP contribution in [-0.2, 0) is 16.1 Å². The predicted molar refractivity (Wildman–Crippen MR) is 278 cm³/mol. The number of aromatic hydroxyl groups is 1. The normalized spacial score (nSPS) is 23.5. The molecule has 0 radical (unpaired) electrons. The summed E-state index contributed by atoms with van der Waals surface area (Å²) in [7, 11) is 0. The summed E-state index contributed by atoms with van der Waals surface area (Å²) in [6.45, 7) is 10.2. The fraction of sp³-hybridized carbons (Fsp3) is 0.509. The summed E-state index contributed by atoms with van der Waals surface area (Å²) in [5, 5.41) is 17.9. The third-order valence-electron chi connectivity index (χ3n) is 17.4. The summed E-state index contributed by atoms with van der Waals surface area (Å²) in [6.07, 6.45) is 18.4. The fourth-order valence-electron chi connectivity index (χ4n) is 13.4. The van der Waals surface area contributed by atoms with Gasteiger partial charge in [-0.2, -0.15) is 9.97 Å². The van der Waals surface area contributed by atoms with Crippen molar-refractivity contribution in [3.8, 4) is 35.4 Å². The van der Waals surface area contributed by atoms with Crippen molar-refractivity contribution >= 4 is 50.9 Å². The Morgan fingerprint density at radius 3 is 2.28 bits per heavy atom. The number of amides is 3. The van der Waals surface area contributed by atoms with E-state index in [-0.39, 0.29) is 63.6 Å². The first-order valence-corrected chi connectivity index (χ1v) is 26.9. The van der Waals surface area contributed by atoms with Crippen molar-refractivity contribution < 1.29 is 33.0 Å². The van der Waals surface area contributed by atoms with Crippen LogP contribution in [0.5, 0.6) is 11.8 Å². The summed E-state index contributed by atoms with van der Waals surface area (Å²) < 4.78 is 38.3. The van der Waals surface area contributed by atoms with E-state index in [9.17, 15) is 19.5 Å². The van der Waals surface area contributed by atoms with E-state index in [1.807, 2.05) is 12.1 Å². The topological polar surface area (TPSA) is 160 Å². The molecule has 6 saturated heterocycles. The second-order valence-corrected chi connectivity index (χ2v) is 22.0. The Balaban J connectivity index is 0.624. The molecule has 12 rings (SSSR count). The van der Waals surface area contributed by atoms with Gasteiger partial charge in [0.25, 0.3) is 5.91 Å². The number of carbonyl (C=O) groups is 3. The second-order valence-electron chi connectivity index (χ2n) is 22.0. The Kier molecular flexibility index (Phi) is 13.3. The summed E-state index contributed by atoms with van der Waals surface area (Å²) in [5.41, 5.74) is 2.86. The molecule has 7 aliphatic rings. The van der Waals surface area contributed by atoms with Crippen LogP contribution in [0.4, 0.5) is 20.3 Å². The van der Waals surface area contributed by atoms with Gasteiger partial charge in [0.2, 0.25) is 11.8 Å². The molecule has 6 fully saturated rings. The number of hydrogen-bond donors (Lipinski definition) is 3. The number of imide groups is 1. The minimum absolute atomic E-state index is 0.0355. The highest BCUT2D eigenvalue weighted by atomic mass is 19.1. The van der Waals surface area contributed by atoms with E-state index in [0.717, 1.165) is 102 Å². The van der Waals surface area contributed by atoms with Gasteiger partial charge in [0.15, 0.2) is 5.82 Å². The fourth-order valence-corrected chi connectivity index (χ4v) is 13.4. The predicted octanol–water partition coefficient (Wildman–Crippen LogP) is 6.62. The molecule has 0 saturated carbocycles. The lowest BCUT2D eigenvalue weighted by atomic mass is 9.82. The van der Waals surface area contributed by atoms with Crippen molar-refractivity contribution in [2.24, 2.45) is 17.8 Å².